The lowest BCUT2D eigenvalue weighted by atomic mass is 9.73. The maximum Gasteiger partial charge on any atom is 0.236 e. The summed E-state index contributed by atoms with van der Waals surface area (Å²) in [6.07, 6.45) is 9.83. The van der Waals surface area contributed by atoms with Gasteiger partial charge in [-0.2, -0.15) is 0 Å². The molecule has 3 fully saturated rings. The van der Waals surface area contributed by atoms with Crippen LogP contribution in [-0.2, 0) is 9.59 Å². The molecule has 6 nitrogen and oxygen atoms in total. The van der Waals surface area contributed by atoms with Gasteiger partial charge in [-0.05, 0) is 45.2 Å². The fourth-order valence-corrected chi connectivity index (χ4v) is 4.94. The van der Waals surface area contributed by atoms with Crippen LogP contribution in [0.2, 0.25) is 0 Å². The van der Waals surface area contributed by atoms with Crippen LogP contribution in [0.4, 0.5) is 0 Å². The Hall–Kier alpha value is -1.14. The van der Waals surface area contributed by atoms with Crippen LogP contribution in [0.5, 0.6) is 0 Å². The van der Waals surface area contributed by atoms with Gasteiger partial charge < -0.3 is 14.9 Å². The summed E-state index contributed by atoms with van der Waals surface area (Å²) in [5, 5.41) is 9.22. The van der Waals surface area contributed by atoms with Gasteiger partial charge in [0.05, 0.1) is 13.2 Å². The van der Waals surface area contributed by atoms with Gasteiger partial charge in [-0.25, -0.2) is 0 Å². The van der Waals surface area contributed by atoms with E-state index < -0.39 is 0 Å². The molecule has 26 heavy (non-hydrogen) atoms. The normalized spacial score (nSPS) is 28.9. The highest BCUT2D eigenvalue weighted by Crippen LogP contribution is 2.38. The maximum absolute atomic E-state index is 12.9. The third-order valence-electron chi connectivity index (χ3n) is 6.44. The highest BCUT2D eigenvalue weighted by molar-refractivity contribution is 5.79. The first-order chi connectivity index (χ1) is 12.6. The minimum absolute atomic E-state index is 0.0133. The summed E-state index contributed by atoms with van der Waals surface area (Å²) in [5.74, 6) is 0.406. The van der Waals surface area contributed by atoms with E-state index in [0.717, 1.165) is 45.4 Å². The molecule has 2 amide bonds. The second-order valence-corrected chi connectivity index (χ2v) is 8.50. The fraction of sp³-hybridized carbons (Fsp3) is 0.900. The fourth-order valence-electron chi connectivity index (χ4n) is 4.94. The Labute approximate surface area is 157 Å². The van der Waals surface area contributed by atoms with Crippen molar-refractivity contribution < 1.29 is 14.7 Å². The molecule has 3 rings (SSSR count). The molecule has 3 heterocycles. The molecule has 6 heteroatoms. The SMILES string of the molecule is O=C1CCC2(CCCN(C(=O)CN3CCCCCCC3)C2)CN1CCO. The molecule has 1 N–H and O–H groups in total. The largest absolute Gasteiger partial charge is 0.395 e. The second-order valence-electron chi connectivity index (χ2n) is 8.50. The van der Waals surface area contributed by atoms with E-state index in [9.17, 15) is 14.7 Å². The van der Waals surface area contributed by atoms with Gasteiger partial charge in [0.1, 0.15) is 0 Å². The molecule has 0 saturated carbocycles. The number of rotatable bonds is 4. The third-order valence-corrected chi connectivity index (χ3v) is 6.44. The number of nitrogens with zero attached hydrogens (tertiary/aromatic N) is 3. The first kappa shape index (κ1) is 19.6. The van der Waals surface area contributed by atoms with Crippen LogP contribution in [0, 0.1) is 5.41 Å². The van der Waals surface area contributed by atoms with Crippen LogP contribution < -0.4 is 0 Å². The zero-order chi connectivity index (χ0) is 18.4. The molecule has 0 aliphatic carbocycles. The van der Waals surface area contributed by atoms with E-state index in [-0.39, 0.29) is 23.8 Å². The zero-order valence-corrected chi connectivity index (χ0v) is 16.1. The second kappa shape index (κ2) is 9.18. The average Bonchev–Trinajstić information content (AvgIpc) is 2.61. The summed E-state index contributed by atoms with van der Waals surface area (Å²) in [7, 11) is 0. The molecule has 1 unspecified atom stereocenters. The van der Waals surface area contributed by atoms with Gasteiger partial charge in [0.2, 0.25) is 11.8 Å². The molecule has 0 aromatic rings. The molecule has 0 bridgehead atoms. The molecule has 148 valence electrons. The van der Waals surface area contributed by atoms with Crippen molar-refractivity contribution in [3.63, 3.8) is 0 Å². The van der Waals surface area contributed by atoms with Gasteiger partial charge in [0.25, 0.3) is 0 Å². The lowest BCUT2D eigenvalue weighted by Gasteiger charge is -2.48. The van der Waals surface area contributed by atoms with Crippen molar-refractivity contribution in [2.24, 2.45) is 5.41 Å². The van der Waals surface area contributed by atoms with Crippen molar-refractivity contribution in [2.45, 2.75) is 57.8 Å². The van der Waals surface area contributed by atoms with Crippen LogP contribution in [0.15, 0.2) is 0 Å². The van der Waals surface area contributed by atoms with Crippen LogP contribution >= 0.6 is 0 Å². The van der Waals surface area contributed by atoms with Crippen molar-refractivity contribution in [3.8, 4) is 0 Å². The number of carbonyl (C=O) groups excluding carboxylic acids is 2. The molecule has 3 saturated heterocycles. The van der Waals surface area contributed by atoms with Gasteiger partial charge in [0.15, 0.2) is 0 Å². The topological polar surface area (TPSA) is 64.1 Å². The van der Waals surface area contributed by atoms with E-state index >= 15 is 0 Å². The Bertz CT molecular complexity index is 491. The lowest BCUT2D eigenvalue weighted by molar-refractivity contribution is -0.144. The molecule has 0 aromatic heterocycles. The number of amides is 2. The molecule has 1 atom stereocenters. The third kappa shape index (κ3) is 4.97. The number of β-amino-alcohol motifs (C(OH)–C–C–N with tert-alkyl or cyclic N) is 1. The summed E-state index contributed by atoms with van der Waals surface area (Å²) in [4.78, 5) is 31.2. The number of likely N-dealkylation sites (tertiary alicyclic amines) is 3. The summed E-state index contributed by atoms with van der Waals surface area (Å²) < 4.78 is 0. The smallest absolute Gasteiger partial charge is 0.236 e. The van der Waals surface area contributed by atoms with Crippen molar-refractivity contribution in [1.82, 2.24) is 14.7 Å². The Morgan fingerprint density at radius 1 is 0.962 bits per heavy atom. The molecular weight excluding hydrogens is 330 g/mol. The quantitative estimate of drug-likeness (QED) is 0.820. The van der Waals surface area contributed by atoms with E-state index in [1.165, 1.54) is 32.1 Å². The van der Waals surface area contributed by atoms with Gasteiger partial charge in [-0.3, -0.25) is 14.5 Å². The van der Waals surface area contributed by atoms with E-state index in [2.05, 4.69) is 9.80 Å². The Kier molecular flexibility index (Phi) is 6.92. The highest BCUT2D eigenvalue weighted by atomic mass is 16.3. The summed E-state index contributed by atoms with van der Waals surface area (Å²) in [5.41, 5.74) is 0.0350. The van der Waals surface area contributed by atoms with E-state index in [1.807, 2.05) is 0 Å². The summed E-state index contributed by atoms with van der Waals surface area (Å²) in [6.45, 7) is 5.39. The lowest BCUT2D eigenvalue weighted by Crippen LogP contribution is -2.56. The molecule has 1 spiro atoms. The van der Waals surface area contributed by atoms with E-state index in [1.54, 1.807) is 4.90 Å². The number of hydrogen-bond donors (Lipinski definition) is 1. The van der Waals surface area contributed by atoms with Crippen LogP contribution in [0.3, 0.4) is 0 Å². The summed E-state index contributed by atoms with van der Waals surface area (Å²) in [6, 6.07) is 0. The van der Waals surface area contributed by atoms with Gasteiger partial charge in [-0.1, -0.05) is 19.3 Å². The Morgan fingerprint density at radius 2 is 1.69 bits per heavy atom. The van der Waals surface area contributed by atoms with Gasteiger partial charge >= 0.3 is 0 Å². The predicted octanol–water partition coefficient (Wildman–Crippen LogP) is 1.48. The van der Waals surface area contributed by atoms with Crippen LogP contribution in [-0.4, -0.2) is 84.0 Å². The molecule has 0 aromatic carbocycles. The van der Waals surface area contributed by atoms with Crippen molar-refractivity contribution in [1.29, 1.82) is 0 Å². The first-order valence-electron chi connectivity index (χ1n) is 10.5. The van der Waals surface area contributed by atoms with E-state index in [4.69, 9.17) is 0 Å². The van der Waals surface area contributed by atoms with Crippen molar-refractivity contribution in [3.05, 3.63) is 0 Å². The van der Waals surface area contributed by atoms with Crippen LogP contribution in [0.1, 0.15) is 57.8 Å². The average molecular weight is 366 g/mol. The molecule has 0 radical (unpaired) electrons. The maximum atomic E-state index is 12.9. The number of carbonyl (C=O) groups is 2. The standard InChI is InChI=1S/C20H35N3O3/c24-14-13-23-17-20(9-7-18(23)25)8-6-12-22(16-20)19(26)15-21-10-4-2-1-3-5-11-21/h24H,1-17H2. The number of aliphatic hydroxyl groups excluding tert-OH is 1. The summed E-state index contributed by atoms with van der Waals surface area (Å²) >= 11 is 0. The molecule has 3 aliphatic heterocycles. The van der Waals surface area contributed by atoms with Crippen molar-refractivity contribution in [2.75, 3.05) is 52.4 Å². The Balaban J connectivity index is 1.56. The highest BCUT2D eigenvalue weighted by Gasteiger charge is 2.42. The van der Waals surface area contributed by atoms with Gasteiger partial charge in [-0.15, -0.1) is 0 Å². The van der Waals surface area contributed by atoms with Crippen LogP contribution in [0.25, 0.3) is 0 Å². The number of aliphatic hydroxyl groups is 1. The Morgan fingerprint density at radius 3 is 2.42 bits per heavy atom. The monoisotopic (exact) mass is 365 g/mol. The minimum Gasteiger partial charge on any atom is -0.395 e. The van der Waals surface area contributed by atoms with Crippen molar-refractivity contribution >= 4 is 11.8 Å². The molecule has 3 aliphatic rings. The molecular formula is C20H35N3O3. The first-order valence-corrected chi connectivity index (χ1v) is 10.5. The predicted molar refractivity (Wildman–Crippen MR) is 101 cm³/mol. The minimum atomic E-state index is 0.0133. The zero-order valence-electron chi connectivity index (χ0n) is 16.1. The van der Waals surface area contributed by atoms with E-state index in [0.29, 0.717) is 26.1 Å². The number of piperidine rings is 2. The van der Waals surface area contributed by atoms with Gasteiger partial charge in [0, 0.05) is 38.0 Å². The number of hydrogen-bond acceptors (Lipinski definition) is 4.